The molecule has 4 nitrogen and oxygen atoms in total. The Hall–Kier alpha value is -0.940. The van der Waals surface area contributed by atoms with Gasteiger partial charge < -0.3 is 5.32 Å². The van der Waals surface area contributed by atoms with Crippen molar-refractivity contribution in [2.45, 2.75) is 51.6 Å². The monoisotopic (exact) mass is 340 g/mol. The highest BCUT2D eigenvalue weighted by Gasteiger charge is 2.21. The lowest BCUT2D eigenvalue weighted by Gasteiger charge is -2.29. The Bertz CT molecular complexity index is 479. The van der Waals surface area contributed by atoms with Crippen LogP contribution in [0.1, 0.15) is 44.6 Å². The lowest BCUT2D eigenvalue weighted by atomic mass is 9.84. The molecule has 0 amide bonds. The molecular weight excluding hydrogens is 320 g/mol. The van der Waals surface area contributed by atoms with Crippen molar-refractivity contribution in [1.29, 1.82) is 0 Å². The summed E-state index contributed by atoms with van der Waals surface area (Å²) < 4.78 is 0.747. The van der Waals surface area contributed by atoms with E-state index in [0.29, 0.717) is 12.6 Å². The molecule has 0 radical (unpaired) electrons. The molecule has 1 saturated carbocycles. The Morgan fingerprint density at radius 3 is 2.95 bits per heavy atom. The van der Waals surface area contributed by atoms with Gasteiger partial charge in [-0.1, -0.05) is 42.1 Å². The topological polar surface area (TPSA) is 55.2 Å². The molecule has 1 aliphatic rings. The number of rotatable bonds is 5. The van der Waals surface area contributed by atoms with Gasteiger partial charge in [-0.15, -0.1) is 0 Å². The van der Waals surface area contributed by atoms with Crippen LogP contribution in [0.3, 0.4) is 0 Å². The van der Waals surface area contributed by atoms with Crippen LogP contribution in [-0.2, 0) is 6.54 Å². The quantitative estimate of drug-likeness (QED) is 0.637. The highest BCUT2D eigenvalue weighted by molar-refractivity contribution is 9.10. The summed E-state index contributed by atoms with van der Waals surface area (Å²) in [5.41, 5.74) is 0.951. The molecular formula is C15H21BrN2O2. The van der Waals surface area contributed by atoms with Crippen molar-refractivity contribution in [2.75, 3.05) is 0 Å². The molecule has 1 aromatic carbocycles. The third-order valence-corrected chi connectivity index (χ3v) is 4.68. The zero-order valence-electron chi connectivity index (χ0n) is 11.8. The van der Waals surface area contributed by atoms with Crippen LogP contribution in [0, 0.1) is 16.0 Å². The smallest absolute Gasteiger partial charge is 0.275 e. The van der Waals surface area contributed by atoms with Crippen LogP contribution < -0.4 is 5.32 Å². The van der Waals surface area contributed by atoms with Gasteiger partial charge in [0.2, 0.25) is 0 Å². The van der Waals surface area contributed by atoms with Crippen molar-refractivity contribution in [3.8, 4) is 0 Å². The maximum absolute atomic E-state index is 11.1. The van der Waals surface area contributed by atoms with Gasteiger partial charge in [0, 0.05) is 28.7 Å². The summed E-state index contributed by atoms with van der Waals surface area (Å²) in [6, 6.07) is 5.76. The van der Waals surface area contributed by atoms with E-state index in [1.54, 1.807) is 6.07 Å². The van der Waals surface area contributed by atoms with Gasteiger partial charge in [-0.05, 0) is 30.9 Å². The van der Waals surface area contributed by atoms with Gasteiger partial charge in [0.15, 0.2) is 0 Å². The molecule has 0 saturated heterocycles. The summed E-state index contributed by atoms with van der Waals surface area (Å²) >= 11 is 3.28. The second kappa shape index (κ2) is 7.18. The molecule has 1 aliphatic carbocycles. The normalized spacial score (nSPS) is 22.7. The number of halogens is 1. The predicted octanol–water partition coefficient (Wildman–Crippen LogP) is 4.42. The average molecular weight is 341 g/mol. The number of nitro benzene ring substituents is 1. The van der Waals surface area contributed by atoms with Crippen molar-refractivity contribution < 1.29 is 4.92 Å². The van der Waals surface area contributed by atoms with E-state index in [-0.39, 0.29) is 10.6 Å². The Morgan fingerprint density at radius 2 is 2.25 bits per heavy atom. The molecule has 2 rings (SSSR count). The second-order valence-electron chi connectivity index (χ2n) is 5.55. The van der Waals surface area contributed by atoms with E-state index in [4.69, 9.17) is 0 Å². The Balaban J connectivity index is 1.98. The van der Waals surface area contributed by atoms with Gasteiger partial charge in [0.25, 0.3) is 5.69 Å². The van der Waals surface area contributed by atoms with Gasteiger partial charge in [0.05, 0.1) is 4.92 Å². The van der Waals surface area contributed by atoms with Crippen LogP contribution in [0.5, 0.6) is 0 Å². The highest BCUT2D eigenvalue weighted by atomic mass is 79.9. The molecule has 1 fully saturated rings. The number of benzene rings is 1. The summed E-state index contributed by atoms with van der Waals surface area (Å²) in [6.45, 7) is 2.82. The minimum Gasteiger partial charge on any atom is -0.310 e. The van der Waals surface area contributed by atoms with Crippen LogP contribution in [0.2, 0.25) is 0 Å². The number of hydrogen-bond donors (Lipinski definition) is 1. The van der Waals surface area contributed by atoms with Gasteiger partial charge >= 0.3 is 0 Å². The summed E-state index contributed by atoms with van der Waals surface area (Å²) in [6.07, 6.45) is 6.20. The first kappa shape index (κ1) is 15.4. The van der Waals surface area contributed by atoms with Crippen molar-refractivity contribution in [3.63, 3.8) is 0 Å². The summed E-state index contributed by atoms with van der Waals surface area (Å²) in [7, 11) is 0. The van der Waals surface area contributed by atoms with E-state index in [1.165, 1.54) is 32.1 Å². The lowest BCUT2D eigenvalue weighted by Crippen LogP contribution is -2.33. The second-order valence-corrected chi connectivity index (χ2v) is 6.46. The highest BCUT2D eigenvalue weighted by Crippen LogP contribution is 2.28. The number of nitro groups is 1. The first-order valence-corrected chi connectivity index (χ1v) is 8.05. The maximum atomic E-state index is 11.1. The van der Waals surface area contributed by atoms with E-state index in [1.807, 2.05) is 12.1 Å². The minimum atomic E-state index is -0.308. The molecule has 0 heterocycles. The SMILES string of the molecule is CCC1CCCC(NCc2ccc(Br)cc2[N+](=O)[O-])C1. The summed E-state index contributed by atoms with van der Waals surface area (Å²) in [5.74, 6) is 0.807. The fourth-order valence-corrected chi connectivity index (χ4v) is 3.31. The number of nitrogens with one attached hydrogen (secondary N) is 1. The van der Waals surface area contributed by atoms with Crippen LogP contribution in [0.25, 0.3) is 0 Å². The molecule has 1 aromatic rings. The predicted molar refractivity (Wildman–Crippen MR) is 83.7 cm³/mol. The molecule has 5 heteroatoms. The number of hydrogen-bond acceptors (Lipinski definition) is 3. The van der Waals surface area contributed by atoms with Crippen molar-refractivity contribution in [2.24, 2.45) is 5.92 Å². The van der Waals surface area contributed by atoms with Gasteiger partial charge in [-0.25, -0.2) is 0 Å². The molecule has 0 aromatic heterocycles. The molecule has 2 unspecified atom stereocenters. The van der Waals surface area contributed by atoms with Crippen molar-refractivity contribution in [1.82, 2.24) is 5.32 Å². The van der Waals surface area contributed by atoms with Crippen molar-refractivity contribution >= 4 is 21.6 Å². The lowest BCUT2D eigenvalue weighted by molar-refractivity contribution is -0.385. The Labute approximate surface area is 128 Å². The first-order chi connectivity index (χ1) is 9.60. The first-order valence-electron chi connectivity index (χ1n) is 7.26. The fraction of sp³-hybridized carbons (Fsp3) is 0.600. The Kier molecular flexibility index (Phi) is 5.54. The van der Waals surface area contributed by atoms with E-state index in [9.17, 15) is 10.1 Å². The van der Waals surface area contributed by atoms with E-state index in [2.05, 4.69) is 28.2 Å². The zero-order valence-corrected chi connectivity index (χ0v) is 13.4. The third-order valence-electron chi connectivity index (χ3n) is 4.19. The molecule has 0 bridgehead atoms. The van der Waals surface area contributed by atoms with E-state index in [0.717, 1.165) is 16.0 Å². The number of nitrogens with zero attached hydrogens (tertiary/aromatic N) is 1. The summed E-state index contributed by atoms with van der Waals surface area (Å²) in [5, 5.41) is 14.6. The van der Waals surface area contributed by atoms with Crippen LogP contribution in [-0.4, -0.2) is 11.0 Å². The van der Waals surface area contributed by atoms with E-state index < -0.39 is 0 Å². The summed E-state index contributed by atoms with van der Waals surface area (Å²) in [4.78, 5) is 10.8. The molecule has 0 spiro atoms. The molecule has 1 N–H and O–H groups in total. The van der Waals surface area contributed by atoms with Crippen LogP contribution in [0.15, 0.2) is 22.7 Å². The van der Waals surface area contributed by atoms with Gasteiger partial charge in [-0.3, -0.25) is 10.1 Å². The average Bonchev–Trinajstić information content (AvgIpc) is 2.46. The molecule has 110 valence electrons. The largest absolute Gasteiger partial charge is 0.310 e. The van der Waals surface area contributed by atoms with Crippen molar-refractivity contribution in [3.05, 3.63) is 38.3 Å². The minimum absolute atomic E-state index is 0.190. The Morgan fingerprint density at radius 1 is 1.45 bits per heavy atom. The zero-order chi connectivity index (χ0) is 14.5. The maximum Gasteiger partial charge on any atom is 0.275 e. The fourth-order valence-electron chi connectivity index (χ4n) is 2.96. The molecule has 20 heavy (non-hydrogen) atoms. The third kappa shape index (κ3) is 4.03. The van der Waals surface area contributed by atoms with E-state index >= 15 is 0 Å². The van der Waals surface area contributed by atoms with Gasteiger partial charge in [-0.2, -0.15) is 0 Å². The van der Waals surface area contributed by atoms with Crippen LogP contribution in [0.4, 0.5) is 5.69 Å². The molecule has 2 atom stereocenters. The standard InChI is InChI=1S/C15H21BrN2O2/c1-2-11-4-3-5-14(8-11)17-10-12-6-7-13(16)9-15(12)18(19)20/h6-7,9,11,14,17H,2-5,8,10H2,1H3. The van der Waals surface area contributed by atoms with Crippen LogP contribution >= 0.6 is 15.9 Å². The molecule has 0 aliphatic heterocycles. The van der Waals surface area contributed by atoms with Gasteiger partial charge in [0.1, 0.15) is 0 Å².